The van der Waals surface area contributed by atoms with Crippen molar-refractivity contribution in [3.05, 3.63) is 46.8 Å². The van der Waals surface area contributed by atoms with Gasteiger partial charge in [-0.2, -0.15) is 5.10 Å². The Morgan fingerprint density at radius 2 is 1.81 bits per heavy atom. The Hall–Kier alpha value is -3.01. The second-order valence-electron chi connectivity index (χ2n) is 6.66. The molecule has 2 aromatic rings. The third-order valence-corrected chi connectivity index (χ3v) is 6.13. The van der Waals surface area contributed by atoms with E-state index in [1.165, 1.54) is 23.9 Å². The second-order valence-corrected chi connectivity index (χ2v) is 8.34. The molecule has 0 radical (unpaired) electrons. The molecule has 1 aliphatic heterocycles. The van der Waals surface area contributed by atoms with Crippen molar-refractivity contribution in [2.75, 3.05) is 7.05 Å². The topological polar surface area (TPSA) is 118 Å². The minimum atomic E-state index is -4.23. The zero-order chi connectivity index (χ0) is 19.5. The standard InChI is InChI=1S/C17H16N4O5S/c1-20-16(23)11-6-5-10(7-12(11)17(20)24)27(25,26)19-15(22)14-13(9-3-4-9)8-18-21(14)2/h5-9H,3-4H2,1-2H3,(H,19,22). The molecule has 1 fully saturated rings. The third-order valence-electron chi connectivity index (χ3n) is 4.80. The van der Waals surface area contributed by atoms with E-state index < -0.39 is 27.7 Å². The van der Waals surface area contributed by atoms with Crippen LogP contribution in [0.3, 0.4) is 0 Å². The number of hydrogen-bond acceptors (Lipinski definition) is 6. The SMILES string of the molecule is CN1C(=O)c2ccc(S(=O)(=O)NC(=O)c3c(C4CC4)cnn3C)cc2C1=O. The Balaban J connectivity index is 1.66. The van der Waals surface area contributed by atoms with Gasteiger partial charge in [-0.15, -0.1) is 0 Å². The summed E-state index contributed by atoms with van der Waals surface area (Å²) >= 11 is 0. The van der Waals surface area contributed by atoms with E-state index in [9.17, 15) is 22.8 Å². The number of benzene rings is 1. The molecule has 140 valence electrons. The van der Waals surface area contributed by atoms with Crippen LogP contribution in [0.4, 0.5) is 0 Å². The van der Waals surface area contributed by atoms with Gasteiger partial charge in [-0.3, -0.25) is 24.0 Å². The maximum atomic E-state index is 12.6. The molecular formula is C17H16N4O5S. The molecule has 1 aromatic heterocycles. The molecule has 27 heavy (non-hydrogen) atoms. The van der Waals surface area contributed by atoms with Gasteiger partial charge in [-0.25, -0.2) is 13.1 Å². The minimum absolute atomic E-state index is 0.00275. The average molecular weight is 388 g/mol. The Bertz CT molecular complexity index is 1110. The highest BCUT2D eigenvalue weighted by atomic mass is 32.2. The molecule has 3 amide bonds. The number of carbonyl (C=O) groups excluding carboxylic acids is 3. The number of rotatable bonds is 4. The van der Waals surface area contributed by atoms with E-state index in [1.807, 2.05) is 4.72 Å². The number of aryl methyl sites for hydroxylation is 1. The van der Waals surface area contributed by atoms with Crippen LogP contribution in [0, 0.1) is 0 Å². The molecule has 1 aromatic carbocycles. The van der Waals surface area contributed by atoms with Crippen molar-refractivity contribution >= 4 is 27.7 Å². The normalized spacial score (nSPS) is 16.6. The molecule has 4 rings (SSSR count). The van der Waals surface area contributed by atoms with Gasteiger partial charge in [0.15, 0.2) is 0 Å². The first-order chi connectivity index (χ1) is 12.7. The highest BCUT2D eigenvalue weighted by Crippen LogP contribution is 2.41. The van der Waals surface area contributed by atoms with Crippen LogP contribution in [0.5, 0.6) is 0 Å². The molecule has 10 heteroatoms. The molecule has 1 N–H and O–H groups in total. The molecule has 1 aliphatic carbocycles. The van der Waals surface area contributed by atoms with E-state index in [4.69, 9.17) is 0 Å². The summed E-state index contributed by atoms with van der Waals surface area (Å²) in [5, 5.41) is 4.05. The Kier molecular flexibility index (Phi) is 3.70. The quantitative estimate of drug-likeness (QED) is 0.768. The van der Waals surface area contributed by atoms with E-state index in [0.717, 1.165) is 29.4 Å². The number of aromatic nitrogens is 2. The highest BCUT2D eigenvalue weighted by molar-refractivity contribution is 7.90. The maximum Gasteiger partial charge on any atom is 0.283 e. The molecule has 1 saturated carbocycles. The summed E-state index contributed by atoms with van der Waals surface area (Å²) in [6, 6.07) is 3.58. The molecule has 0 spiro atoms. The minimum Gasteiger partial charge on any atom is -0.277 e. The summed E-state index contributed by atoms with van der Waals surface area (Å²) in [7, 11) is -1.33. The molecule has 2 heterocycles. The van der Waals surface area contributed by atoms with Crippen LogP contribution in [-0.2, 0) is 17.1 Å². The van der Waals surface area contributed by atoms with Gasteiger partial charge < -0.3 is 0 Å². The smallest absolute Gasteiger partial charge is 0.277 e. The fourth-order valence-electron chi connectivity index (χ4n) is 3.16. The number of fused-ring (bicyclic) bond motifs is 1. The predicted molar refractivity (Wildman–Crippen MR) is 92.7 cm³/mol. The van der Waals surface area contributed by atoms with Gasteiger partial charge in [0.2, 0.25) is 0 Å². The number of sulfonamides is 1. The number of amides is 3. The van der Waals surface area contributed by atoms with E-state index in [0.29, 0.717) is 0 Å². The van der Waals surface area contributed by atoms with Gasteiger partial charge in [0.25, 0.3) is 27.7 Å². The van der Waals surface area contributed by atoms with Gasteiger partial charge in [-0.1, -0.05) is 0 Å². The van der Waals surface area contributed by atoms with Crippen molar-refractivity contribution in [2.45, 2.75) is 23.7 Å². The van der Waals surface area contributed by atoms with Crippen molar-refractivity contribution in [1.82, 2.24) is 19.4 Å². The van der Waals surface area contributed by atoms with Crippen LogP contribution in [0.15, 0.2) is 29.3 Å². The van der Waals surface area contributed by atoms with Crippen molar-refractivity contribution in [2.24, 2.45) is 7.05 Å². The van der Waals surface area contributed by atoms with E-state index >= 15 is 0 Å². The number of imide groups is 1. The lowest BCUT2D eigenvalue weighted by atomic mass is 10.1. The first-order valence-electron chi connectivity index (χ1n) is 8.26. The largest absolute Gasteiger partial charge is 0.283 e. The zero-order valence-corrected chi connectivity index (χ0v) is 15.4. The van der Waals surface area contributed by atoms with Crippen molar-refractivity contribution in [1.29, 1.82) is 0 Å². The summed E-state index contributed by atoms with van der Waals surface area (Å²) in [5.41, 5.74) is 1.06. The summed E-state index contributed by atoms with van der Waals surface area (Å²) in [6.45, 7) is 0. The molecule has 0 atom stereocenters. The van der Waals surface area contributed by atoms with Crippen LogP contribution in [0.1, 0.15) is 55.5 Å². The monoisotopic (exact) mass is 388 g/mol. The summed E-state index contributed by atoms with van der Waals surface area (Å²) < 4.78 is 28.7. The van der Waals surface area contributed by atoms with Crippen LogP contribution in [0.25, 0.3) is 0 Å². The van der Waals surface area contributed by atoms with Gasteiger partial charge in [0.1, 0.15) is 5.69 Å². The summed E-state index contributed by atoms with van der Waals surface area (Å²) in [4.78, 5) is 37.2. The van der Waals surface area contributed by atoms with Gasteiger partial charge in [-0.05, 0) is 37.0 Å². The average Bonchev–Trinajstić information content (AvgIpc) is 3.36. The number of nitrogens with one attached hydrogen (secondary N) is 1. The van der Waals surface area contributed by atoms with E-state index in [2.05, 4.69) is 5.10 Å². The fourth-order valence-corrected chi connectivity index (χ4v) is 4.14. The Morgan fingerprint density at radius 3 is 2.48 bits per heavy atom. The number of carbonyl (C=O) groups is 3. The lowest BCUT2D eigenvalue weighted by Crippen LogP contribution is -2.32. The van der Waals surface area contributed by atoms with Crippen LogP contribution in [0.2, 0.25) is 0 Å². The number of hydrogen-bond donors (Lipinski definition) is 1. The zero-order valence-electron chi connectivity index (χ0n) is 14.6. The molecular weight excluding hydrogens is 372 g/mol. The van der Waals surface area contributed by atoms with Gasteiger partial charge >= 0.3 is 0 Å². The van der Waals surface area contributed by atoms with Crippen LogP contribution >= 0.6 is 0 Å². The molecule has 2 aliphatic rings. The molecule has 9 nitrogen and oxygen atoms in total. The van der Waals surface area contributed by atoms with Crippen molar-refractivity contribution in [3.8, 4) is 0 Å². The van der Waals surface area contributed by atoms with Gasteiger partial charge in [0, 0.05) is 19.7 Å². The maximum absolute atomic E-state index is 12.6. The Labute approximate surface area is 155 Å². The van der Waals surface area contributed by atoms with Crippen molar-refractivity contribution in [3.63, 3.8) is 0 Å². The van der Waals surface area contributed by atoms with E-state index in [-0.39, 0.29) is 27.6 Å². The molecule has 0 saturated heterocycles. The highest BCUT2D eigenvalue weighted by Gasteiger charge is 2.35. The van der Waals surface area contributed by atoms with E-state index in [1.54, 1.807) is 13.2 Å². The summed E-state index contributed by atoms with van der Waals surface area (Å²) in [6.07, 6.45) is 3.45. The predicted octanol–water partition coefficient (Wildman–Crippen LogP) is 0.642. The fraction of sp³-hybridized carbons (Fsp3) is 0.294. The first kappa shape index (κ1) is 17.4. The first-order valence-corrected chi connectivity index (χ1v) is 9.74. The Morgan fingerprint density at radius 1 is 1.15 bits per heavy atom. The molecule has 0 bridgehead atoms. The third kappa shape index (κ3) is 2.72. The summed E-state index contributed by atoms with van der Waals surface area (Å²) in [5.74, 6) is -1.63. The lowest BCUT2D eigenvalue weighted by molar-refractivity contribution is 0.0692. The molecule has 0 unspecified atom stereocenters. The second kappa shape index (κ2) is 5.74. The lowest BCUT2D eigenvalue weighted by Gasteiger charge is -2.09. The van der Waals surface area contributed by atoms with Crippen molar-refractivity contribution < 1.29 is 22.8 Å². The number of nitrogens with zero attached hydrogens (tertiary/aromatic N) is 3. The van der Waals surface area contributed by atoms with Crippen LogP contribution < -0.4 is 4.72 Å². The van der Waals surface area contributed by atoms with Gasteiger partial charge in [0.05, 0.1) is 22.2 Å². The van der Waals surface area contributed by atoms with Crippen LogP contribution in [-0.4, -0.2) is 47.9 Å².